The van der Waals surface area contributed by atoms with Crippen molar-refractivity contribution >= 4 is 10.0 Å². The van der Waals surface area contributed by atoms with Crippen molar-refractivity contribution in [3.05, 3.63) is 59.2 Å². The highest BCUT2D eigenvalue weighted by molar-refractivity contribution is 7.88. The predicted molar refractivity (Wildman–Crippen MR) is 120 cm³/mol. The molecule has 0 aliphatic carbocycles. The van der Waals surface area contributed by atoms with E-state index >= 15 is 4.39 Å². The molecule has 2 aromatic carbocycles. The maximum atomic E-state index is 15.5. The zero-order chi connectivity index (χ0) is 25.6. The van der Waals surface area contributed by atoms with Crippen molar-refractivity contribution in [3.8, 4) is 11.1 Å². The van der Waals surface area contributed by atoms with E-state index in [9.17, 15) is 31.8 Å². The first-order chi connectivity index (χ1) is 15.5. The number of aliphatic hydroxyl groups is 2. The van der Waals surface area contributed by atoms with Crippen LogP contribution in [-0.2, 0) is 16.4 Å². The fourth-order valence-electron chi connectivity index (χ4n) is 4.31. The summed E-state index contributed by atoms with van der Waals surface area (Å²) in [4.78, 5) is 0.876. The SMILES string of the molecule is Cc1cc(F)cc(-c2cccc(C[C@H]3[C@@H](NS(C)(=O)=O)C(F)(F)CN3C(O)C(C)(C)O)c2F)c1. The normalized spacial score (nSPS) is 22.2. The first-order valence-electron chi connectivity index (χ1n) is 10.6. The lowest BCUT2D eigenvalue weighted by Crippen LogP contribution is -2.56. The second-order valence-electron chi connectivity index (χ2n) is 9.40. The maximum Gasteiger partial charge on any atom is 0.278 e. The Morgan fingerprint density at radius 1 is 1.24 bits per heavy atom. The van der Waals surface area contributed by atoms with Crippen LogP contribution in [-0.4, -0.2) is 66.2 Å². The number of hydrogen-bond acceptors (Lipinski definition) is 5. The van der Waals surface area contributed by atoms with Crippen LogP contribution in [0.5, 0.6) is 0 Å². The second-order valence-corrected chi connectivity index (χ2v) is 11.2. The first-order valence-corrected chi connectivity index (χ1v) is 12.4. The molecule has 1 heterocycles. The van der Waals surface area contributed by atoms with Crippen LogP contribution in [0.4, 0.5) is 17.6 Å². The van der Waals surface area contributed by atoms with Crippen LogP contribution < -0.4 is 4.72 Å². The molecule has 2 aromatic rings. The van der Waals surface area contributed by atoms with Crippen LogP contribution in [0, 0.1) is 18.6 Å². The third-order valence-electron chi connectivity index (χ3n) is 5.81. The lowest BCUT2D eigenvalue weighted by Gasteiger charge is -2.37. The van der Waals surface area contributed by atoms with Crippen molar-refractivity contribution < 1.29 is 36.2 Å². The zero-order valence-corrected chi connectivity index (χ0v) is 20.0. The topological polar surface area (TPSA) is 89.9 Å². The van der Waals surface area contributed by atoms with E-state index in [4.69, 9.17) is 0 Å². The Hall–Kier alpha value is -2.05. The van der Waals surface area contributed by atoms with Crippen molar-refractivity contribution in [2.75, 3.05) is 12.8 Å². The van der Waals surface area contributed by atoms with Gasteiger partial charge < -0.3 is 10.2 Å². The quantitative estimate of drug-likeness (QED) is 0.505. The van der Waals surface area contributed by atoms with Gasteiger partial charge in [0.1, 0.15) is 23.9 Å². The molecule has 0 aromatic heterocycles. The van der Waals surface area contributed by atoms with E-state index in [1.165, 1.54) is 38.1 Å². The van der Waals surface area contributed by atoms with Crippen LogP contribution in [0.2, 0.25) is 0 Å². The zero-order valence-electron chi connectivity index (χ0n) is 19.2. The largest absolute Gasteiger partial charge is 0.386 e. The number of likely N-dealkylation sites (tertiary alicyclic amines) is 1. The minimum atomic E-state index is -4.10. The maximum absolute atomic E-state index is 15.5. The predicted octanol–water partition coefficient (Wildman–Crippen LogP) is 2.81. The first kappa shape index (κ1) is 26.6. The molecule has 3 N–H and O–H groups in total. The molecule has 0 bridgehead atoms. The molecule has 0 spiro atoms. The number of aliphatic hydroxyl groups excluding tert-OH is 1. The van der Waals surface area contributed by atoms with Crippen molar-refractivity contribution in [1.29, 1.82) is 0 Å². The standard InChI is InChI=1S/C23H28F4N2O4S/c1-13-8-15(10-16(24)9-13)17-7-5-6-14(19(17)25)11-18-20(28-34(4,32)33)23(26,27)12-29(18)21(30)22(2,3)31/h5-10,18,20-21,28,30-31H,11-12H2,1-4H3/t18-,20+,21?/m0/s1. The lowest BCUT2D eigenvalue weighted by atomic mass is 9.94. The molecule has 6 nitrogen and oxygen atoms in total. The van der Waals surface area contributed by atoms with Gasteiger partial charge in [0.2, 0.25) is 10.0 Å². The third-order valence-corrected chi connectivity index (χ3v) is 6.49. The van der Waals surface area contributed by atoms with Crippen LogP contribution in [0.25, 0.3) is 11.1 Å². The number of benzene rings is 2. The van der Waals surface area contributed by atoms with Gasteiger partial charge >= 0.3 is 0 Å². The molecule has 34 heavy (non-hydrogen) atoms. The summed E-state index contributed by atoms with van der Waals surface area (Å²) in [5.74, 6) is -4.96. The number of aryl methyl sites for hydroxylation is 1. The smallest absolute Gasteiger partial charge is 0.278 e. The molecule has 188 valence electrons. The van der Waals surface area contributed by atoms with Crippen LogP contribution in [0.1, 0.15) is 25.0 Å². The highest BCUT2D eigenvalue weighted by atomic mass is 32.2. The summed E-state index contributed by atoms with van der Waals surface area (Å²) < 4.78 is 84.8. The van der Waals surface area contributed by atoms with Crippen LogP contribution in [0.3, 0.4) is 0 Å². The van der Waals surface area contributed by atoms with Gasteiger partial charge in [0.25, 0.3) is 5.92 Å². The summed E-state index contributed by atoms with van der Waals surface area (Å²) in [7, 11) is -4.10. The highest BCUT2D eigenvalue weighted by Gasteiger charge is 2.58. The fourth-order valence-corrected chi connectivity index (χ4v) is 5.10. The van der Waals surface area contributed by atoms with Gasteiger partial charge in [0, 0.05) is 11.6 Å². The van der Waals surface area contributed by atoms with Gasteiger partial charge in [-0.2, -0.15) is 0 Å². The molecular formula is C23H28F4N2O4S. The van der Waals surface area contributed by atoms with E-state index in [2.05, 4.69) is 0 Å². The molecule has 3 rings (SSSR count). The van der Waals surface area contributed by atoms with Gasteiger partial charge in [0.05, 0.1) is 18.4 Å². The number of hydrogen-bond donors (Lipinski definition) is 3. The number of sulfonamides is 1. The van der Waals surface area contributed by atoms with Crippen molar-refractivity contribution in [2.45, 2.75) is 57.0 Å². The summed E-state index contributed by atoms with van der Waals surface area (Å²) in [5, 5.41) is 20.8. The highest BCUT2D eigenvalue weighted by Crippen LogP contribution is 2.38. The monoisotopic (exact) mass is 504 g/mol. The van der Waals surface area contributed by atoms with Crippen molar-refractivity contribution in [1.82, 2.24) is 9.62 Å². The van der Waals surface area contributed by atoms with Crippen LogP contribution in [0.15, 0.2) is 36.4 Å². The molecule has 1 saturated heterocycles. The lowest BCUT2D eigenvalue weighted by molar-refractivity contribution is -0.141. The summed E-state index contributed by atoms with van der Waals surface area (Å²) in [6.45, 7) is 3.03. The number of alkyl halides is 2. The molecule has 0 saturated carbocycles. The third kappa shape index (κ3) is 5.77. The molecule has 1 aliphatic heterocycles. The number of halogens is 4. The molecule has 0 radical (unpaired) electrons. The van der Waals surface area contributed by atoms with Gasteiger partial charge in [-0.3, -0.25) is 4.90 Å². The minimum absolute atomic E-state index is 0.0321. The minimum Gasteiger partial charge on any atom is -0.386 e. The van der Waals surface area contributed by atoms with E-state index in [0.29, 0.717) is 5.56 Å². The average Bonchev–Trinajstić information content (AvgIpc) is 2.90. The summed E-state index contributed by atoms with van der Waals surface area (Å²) in [5.41, 5.74) is -0.990. The number of nitrogens with one attached hydrogen (secondary N) is 1. The second kappa shape index (κ2) is 9.19. The van der Waals surface area contributed by atoms with Gasteiger partial charge in [-0.1, -0.05) is 24.3 Å². The van der Waals surface area contributed by atoms with Gasteiger partial charge in [0.15, 0.2) is 0 Å². The Morgan fingerprint density at radius 2 is 1.88 bits per heavy atom. The van der Waals surface area contributed by atoms with Gasteiger partial charge in [-0.25, -0.2) is 30.7 Å². The summed E-state index contributed by atoms with van der Waals surface area (Å²) in [6.07, 6.45) is -1.47. The fraction of sp³-hybridized carbons (Fsp3) is 0.478. The van der Waals surface area contributed by atoms with Crippen molar-refractivity contribution in [2.24, 2.45) is 0 Å². The Balaban J connectivity index is 2.07. The van der Waals surface area contributed by atoms with E-state index in [1.54, 1.807) is 13.0 Å². The molecular weight excluding hydrogens is 476 g/mol. The Kier molecular flexibility index (Phi) is 7.18. The summed E-state index contributed by atoms with van der Waals surface area (Å²) in [6, 6.07) is 4.88. The molecule has 0 amide bonds. The van der Waals surface area contributed by atoms with E-state index in [1.807, 2.05) is 4.72 Å². The van der Waals surface area contributed by atoms with Gasteiger partial charge in [-0.15, -0.1) is 0 Å². The average molecular weight is 505 g/mol. The van der Waals surface area contributed by atoms with E-state index in [-0.39, 0.29) is 16.7 Å². The van der Waals surface area contributed by atoms with E-state index in [0.717, 1.165) is 17.2 Å². The molecule has 1 fully saturated rings. The Bertz CT molecular complexity index is 1150. The van der Waals surface area contributed by atoms with E-state index < -0.39 is 64.5 Å². The van der Waals surface area contributed by atoms with Crippen LogP contribution >= 0.6 is 0 Å². The number of rotatable bonds is 7. The van der Waals surface area contributed by atoms with Gasteiger partial charge in [-0.05, 0) is 56.0 Å². The molecule has 1 aliphatic rings. The number of nitrogens with zero attached hydrogens (tertiary/aromatic N) is 1. The molecule has 11 heteroatoms. The molecule has 1 unspecified atom stereocenters. The Morgan fingerprint density at radius 3 is 2.44 bits per heavy atom. The molecule has 3 atom stereocenters. The van der Waals surface area contributed by atoms with Crippen molar-refractivity contribution in [3.63, 3.8) is 0 Å². The Labute approximate surface area is 196 Å². The summed E-state index contributed by atoms with van der Waals surface area (Å²) >= 11 is 0.